The molecule has 0 aromatic carbocycles. The maximum atomic E-state index is 12.2. The van der Waals surface area contributed by atoms with Gasteiger partial charge in [0, 0.05) is 12.6 Å². The van der Waals surface area contributed by atoms with Crippen molar-refractivity contribution in [1.82, 2.24) is 10.2 Å². The van der Waals surface area contributed by atoms with E-state index in [0.29, 0.717) is 0 Å². The standard InChI is InChI=1S/C13H24N2O3/c1-8(16)11-10-6-5-9(7-14-11)15(10)12(17)18-13(2,3)4/h8-11,14,16H,5-7H2,1-4H3/t8-,9-,10+,11?/m1/s1. The van der Waals surface area contributed by atoms with Gasteiger partial charge in [0.15, 0.2) is 0 Å². The SMILES string of the molecule is C[C@@H](O)C1NC[C@H]2CC[C@@H]1N2C(=O)OC(C)(C)C. The molecule has 2 fully saturated rings. The Balaban J connectivity index is 2.10. The zero-order valence-corrected chi connectivity index (χ0v) is 11.6. The average Bonchev–Trinajstić information content (AvgIpc) is 2.49. The molecule has 0 aromatic rings. The molecule has 1 unspecified atom stereocenters. The molecule has 0 aromatic heterocycles. The minimum absolute atomic E-state index is 0.0451. The van der Waals surface area contributed by atoms with E-state index in [4.69, 9.17) is 4.74 Å². The zero-order chi connectivity index (χ0) is 13.5. The minimum atomic E-state index is -0.471. The number of rotatable bonds is 1. The lowest BCUT2D eigenvalue weighted by molar-refractivity contribution is -0.00704. The van der Waals surface area contributed by atoms with Crippen molar-refractivity contribution in [2.24, 2.45) is 0 Å². The first kappa shape index (κ1) is 13.6. The number of hydrogen-bond donors (Lipinski definition) is 2. The molecular weight excluding hydrogens is 232 g/mol. The van der Waals surface area contributed by atoms with Crippen LogP contribution in [0.15, 0.2) is 0 Å². The summed E-state index contributed by atoms with van der Waals surface area (Å²) < 4.78 is 5.46. The van der Waals surface area contributed by atoms with Crippen LogP contribution in [0.3, 0.4) is 0 Å². The average molecular weight is 256 g/mol. The molecule has 0 saturated carbocycles. The Hall–Kier alpha value is -0.810. The highest BCUT2D eigenvalue weighted by Crippen LogP contribution is 2.32. The van der Waals surface area contributed by atoms with Gasteiger partial charge in [-0.3, -0.25) is 4.90 Å². The molecule has 18 heavy (non-hydrogen) atoms. The van der Waals surface area contributed by atoms with Crippen LogP contribution < -0.4 is 5.32 Å². The quantitative estimate of drug-likeness (QED) is 0.737. The van der Waals surface area contributed by atoms with Crippen molar-refractivity contribution in [2.75, 3.05) is 6.54 Å². The van der Waals surface area contributed by atoms with Crippen molar-refractivity contribution in [3.05, 3.63) is 0 Å². The second kappa shape index (κ2) is 4.70. The summed E-state index contributed by atoms with van der Waals surface area (Å²) in [5.74, 6) is 0. The smallest absolute Gasteiger partial charge is 0.410 e. The van der Waals surface area contributed by atoms with Crippen LogP contribution >= 0.6 is 0 Å². The van der Waals surface area contributed by atoms with E-state index in [-0.39, 0.29) is 24.2 Å². The van der Waals surface area contributed by atoms with Gasteiger partial charge < -0.3 is 15.2 Å². The molecule has 2 heterocycles. The lowest BCUT2D eigenvalue weighted by atomic mass is 10.0. The highest BCUT2D eigenvalue weighted by molar-refractivity contribution is 5.70. The number of amides is 1. The van der Waals surface area contributed by atoms with Crippen LogP contribution in [0.25, 0.3) is 0 Å². The van der Waals surface area contributed by atoms with E-state index in [1.54, 1.807) is 6.92 Å². The fraction of sp³-hybridized carbons (Fsp3) is 0.923. The topological polar surface area (TPSA) is 61.8 Å². The number of aliphatic hydroxyl groups excluding tert-OH is 1. The fourth-order valence-corrected chi connectivity index (χ4v) is 2.96. The van der Waals surface area contributed by atoms with Crippen LogP contribution in [0.4, 0.5) is 4.79 Å². The van der Waals surface area contributed by atoms with E-state index in [2.05, 4.69) is 5.32 Å². The number of carbonyl (C=O) groups excluding carboxylic acids is 1. The lowest BCUT2D eigenvalue weighted by Crippen LogP contribution is -2.63. The Morgan fingerprint density at radius 1 is 1.44 bits per heavy atom. The van der Waals surface area contributed by atoms with Crippen LogP contribution in [-0.4, -0.2) is 52.5 Å². The molecule has 4 atom stereocenters. The molecule has 5 heteroatoms. The first-order valence-corrected chi connectivity index (χ1v) is 6.72. The molecule has 2 N–H and O–H groups in total. The molecule has 0 spiro atoms. The maximum absolute atomic E-state index is 12.2. The fourth-order valence-electron chi connectivity index (χ4n) is 2.96. The van der Waals surface area contributed by atoms with Gasteiger partial charge in [0.25, 0.3) is 0 Å². The molecule has 2 rings (SSSR count). The van der Waals surface area contributed by atoms with E-state index in [0.717, 1.165) is 19.4 Å². The number of nitrogens with one attached hydrogen (secondary N) is 1. The van der Waals surface area contributed by atoms with E-state index in [9.17, 15) is 9.90 Å². The minimum Gasteiger partial charge on any atom is -0.444 e. The number of aliphatic hydroxyl groups is 1. The predicted molar refractivity (Wildman–Crippen MR) is 68.4 cm³/mol. The van der Waals surface area contributed by atoms with E-state index < -0.39 is 11.7 Å². The van der Waals surface area contributed by atoms with Gasteiger partial charge in [-0.2, -0.15) is 0 Å². The number of hydrogen-bond acceptors (Lipinski definition) is 4. The Bertz CT molecular complexity index is 325. The summed E-state index contributed by atoms with van der Waals surface area (Å²) in [5, 5.41) is 13.1. The van der Waals surface area contributed by atoms with Gasteiger partial charge in [0.2, 0.25) is 0 Å². The van der Waals surface area contributed by atoms with Crippen LogP contribution in [0, 0.1) is 0 Å². The number of fused-ring (bicyclic) bond motifs is 2. The van der Waals surface area contributed by atoms with Crippen LogP contribution in [-0.2, 0) is 4.74 Å². The van der Waals surface area contributed by atoms with Gasteiger partial charge in [-0.05, 0) is 40.5 Å². The molecule has 5 nitrogen and oxygen atoms in total. The Kier molecular flexibility index (Phi) is 3.56. The Morgan fingerprint density at radius 2 is 2.11 bits per heavy atom. The van der Waals surface area contributed by atoms with Crippen molar-refractivity contribution in [2.45, 2.75) is 70.4 Å². The molecule has 2 aliphatic heterocycles. The summed E-state index contributed by atoms with van der Waals surface area (Å²) in [4.78, 5) is 14.1. The number of carbonyl (C=O) groups is 1. The molecule has 0 aliphatic carbocycles. The summed E-state index contributed by atoms with van der Waals surface area (Å²) >= 11 is 0. The van der Waals surface area contributed by atoms with Crippen molar-refractivity contribution in [3.8, 4) is 0 Å². The Labute approximate surface area is 108 Å². The van der Waals surface area contributed by atoms with Crippen molar-refractivity contribution >= 4 is 6.09 Å². The third kappa shape index (κ3) is 2.62. The van der Waals surface area contributed by atoms with Crippen LogP contribution in [0.1, 0.15) is 40.5 Å². The third-order valence-corrected chi connectivity index (χ3v) is 3.67. The first-order chi connectivity index (χ1) is 8.29. The van der Waals surface area contributed by atoms with Gasteiger partial charge in [0.05, 0.1) is 18.2 Å². The van der Waals surface area contributed by atoms with Crippen molar-refractivity contribution in [1.29, 1.82) is 0 Å². The van der Waals surface area contributed by atoms with Gasteiger partial charge in [-0.15, -0.1) is 0 Å². The van der Waals surface area contributed by atoms with Crippen LogP contribution in [0.2, 0.25) is 0 Å². The molecule has 0 radical (unpaired) electrons. The first-order valence-electron chi connectivity index (χ1n) is 6.72. The van der Waals surface area contributed by atoms with Gasteiger partial charge in [-0.25, -0.2) is 4.79 Å². The summed E-state index contributed by atoms with van der Waals surface area (Å²) in [6.07, 6.45) is 1.22. The molecule has 2 aliphatic rings. The summed E-state index contributed by atoms with van der Waals surface area (Å²) in [6, 6.07) is 0.217. The summed E-state index contributed by atoms with van der Waals surface area (Å²) in [6.45, 7) is 8.14. The van der Waals surface area contributed by atoms with Gasteiger partial charge in [-0.1, -0.05) is 0 Å². The second-order valence-electron chi connectivity index (χ2n) is 6.36. The van der Waals surface area contributed by atoms with Crippen molar-refractivity contribution < 1.29 is 14.6 Å². The van der Waals surface area contributed by atoms with Gasteiger partial charge >= 0.3 is 6.09 Å². The predicted octanol–water partition coefficient (Wildman–Crippen LogP) is 1.11. The normalized spacial score (nSPS) is 33.4. The van der Waals surface area contributed by atoms with Gasteiger partial charge in [0.1, 0.15) is 5.60 Å². The van der Waals surface area contributed by atoms with E-state index in [1.165, 1.54) is 0 Å². The van der Waals surface area contributed by atoms with Crippen LogP contribution in [0.5, 0.6) is 0 Å². The highest BCUT2D eigenvalue weighted by atomic mass is 16.6. The molecule has 2 bridgehead atoms. The summed E-state index contributed by atoms with van der Waals surface area (Å²) in [5.41, 5.74) is -0.471. The largest absolute Gasteiger partial charge is 0.444 e. The number of ether oxygens (including phenoxy) is 1. The maximum Gasteiger partial charge on any atom is 0.410 e. The second-order valence-corrected chi connectivity index (χ2v) is 6.36. The third-order valence-electron chi connectivity index (χ3n) is 3.67. The number of nitrogens with zero attached hydrogens (tertiary/aromatic N) is 1. The highest BCUT2D eigenvalue weighted by Gasteiger charge is 2.47. The molecule has 2 saturated heterocycles. The zero-order valence-electron chi connectivity index (χ0n) is 11.6. The summed E-state index contributed by atoms with van der Waals surface area (Å²) in [7, 11) is 0. The van der Waals surface area contributed by atoms with Crippen molar-refractivity contribution in [3.63, 3.8) is 0 Å². The molecule has 104 valence electrons. The Morgan fingerprint density at radius 3 is 2.67 bits per heavy atom. The lowest BCUT2D eigenvalue weighted by Gasteiger charge is -2.42. The number of piperazine rings is 1. The van der Waals surface area contributed by atoms with E-state index in [1.807, 2.05) is 25.7 Å². The molecular formula is C13H24N2O3. The van der Waals surface area contributed by atoms with E-state index >= 15 is 0 Å². The molecule has 1 amide bonds. The monoisotopic (exact) mass is 256 g/mol.